The third-order valence-corrected chi connectivity index (χ3v) is 3.31. The first-order valence-corrected chi connectivity index (χ1v) is 6.03. The number of nitrogens with one attached hydrogen (secondary N) is 1. The van der Waals surface area contributed by atoms with Gasteiger partial charge in [-0.3, -0.25) is 9.59 Å². The molecule has 0 aromatic carbocycles. The summed E-state index contributed by atoms with van der Waals surface area (Å²) >= 11 is 0. The van der Waals surface area contributed by atoms with E-state index in [9.17, 15) is 9.59 Å². The molecule has 0 aromatic heterocycles. The Hall–Kier alpha value is -1.97. The Bertz CT molecular complexity index is 536. The molecule has 1 aliphatic carbocycles. The van der Waals surface area contributed by atoms with Crippen molar-refractivity contribution in [2.75, 3.05) is 0 Å². The lowest BCUT2D eigenvalue weighted by molar-refractivity contribution is -0.118. The SMILES string of the molecule is CCC(=O)N=C1C=CC2C(=C1)NC(=O)C(C)=C2C. The number of hydrogen-bond acceptors (Lipinski definition) is 2. The number of carbonyl (C=O) groups is 2. The van der Waals surface area contributed by atoms with E-state index in [0.717, 1.165) is 16.8 Å². The Labute approximate surface area is 106 Å². The summed E-state index contributed by atoms with van der Waals surface area (Å²) in [6.45, 7) is 5.54. The maximum atomic E-state index is 11.7. The van der Waals surface area contributed by atoms with Gasteiger partial charge >= 0.3 is 0 Å². The van der Waals surface area contributed by atoms with Crippen LogP contribution in [0.3, 0.4) is 0 Å². The van der Waals surface area contributed by atoms with E-state index in [4.69, 9.17) is 0 Å². The van der Waals surface area contributed by atoms with Crippen molar-refractivity contribution < 1.29 is 9.59 Å². The minimum Gasteiger partial charge on any atom is -0.325 e. The van der Waals surface area contributed by atoms with Crippen molar-refractivity contribution in [2.24, 2.45) is 10.9 Å². The Morgan fingerprint density at radius 2 is 2.17 bits per heavy atom. The zero-order chi connectivity index (χ0) is 13.3. The van der Waals surface area contributed by atoms with Crippen LogP contribution in [0.2, 0.25) is 0 Å². The number of nitrogens with zero attached hydrogens (tertiary/aromatic N) is 1. The van der Waals surface area contributed by atoms with Gasteiger partial charge in [-0.25, -0.2) is 4.99 Å². The molecule has 2 amide bonds. The van der Waals surface area contributed by atoms with Crippen molar-refractivity contribution in [3.05, 3.63) is 35.1 Å². The number of rotatable bonds is 1. The maximum absolute atomic E-state index is 11.7. The molecule has 1 N–H and O–H groups in total. The Morgan fingerprint density at radius 1 is 1.44 bits per heavy atom. The third-order valence-electron chi connectivity index (χ3n) is 3.31. The van der Waals surface area contributed by atoms with Gasteiger partial charge in [-0.05, 0) is 26.0 Å². The molecule has 4 nitrogen and oxygen atoms in total. The zero-order valence-electron chi connectivity index (χ0n) is 10.8. The molecule has 2 aliphatic rings. The van der Waals surface area contributed by atoms with Gasteiger partial charge in [-0.15, -0.1) is 0 Å². The lowest BCUT2D eigenvalue weighted by Gasteiger charge is -2.28. The summed E-state index contributed by atoms with van der Waals surface area (Å²) in [5.41, 5.74) is 3.20. The summed E-state index contributed by atoms with van der Waals surface area (Å²) in [7, 11) is 0. The van der Waals surface area contributed by atoms with Crippen LogP contribution < -0.4 is 5.32 Å². The van der Waals surface area contributed by atoms with E-state index in [1.807, 2.05) is 26.0 Å². The topological polar surface area (TPSA) is 58.5 Å². The van der Waals surface area contributed by atoms with Crippen LogP contribution in [-0.2, 0) is 9.59 Å². The molecule has 18 heavy (non-hydrogen) atoms. The molecule has 0 saturated carbocycles. The van der Waals surface area contributed by atoms with E-state index in [-0.39, 0.29) is 17.7 Å². The highest BCUT2D eigenvalue weighted by atomic mass is 16.2. The molecule has 94 valence electrons. The summed E-state index contributed by atoms with van der Waals surface area (Å²) in [6, 6.07) is 0. The molecule has 1 heterocycles. The van der Waals surface area contributed by atoms with E-state index < -0.39 is 0 Å². The van der Waals surface area contributed by atoms with Crippen LogP contribution in [0.5, 0.6) is 0 Å². The van der Waals surface area contributed by atoms with Crippen LogP contribution in [0.4, 0.5) is 0 Å². The second-order valence-electron chi connectivity index (χ2n) is 4.48. The van der Waals surface area contributed by atoms with Crippen molar-refractivity contribution in [1.82, 2.24) is 5.32 Å². The van der Waals surface area contributed by atoms with Gasteiger partial charge in [0.2, 0.25) is 5.91 Å². The molecule has 0 fully saturated rings. The van der Waals surface area contributed by atoms with Gasteiger partial charge in [0.25, 0.3) is 5.91 Å². The fourth-order valence-corrected chi connectivity index (χ4v) is 2.02. The highest BCUT2D eigenvalue weighted by molar-refractivity contribution is 6.11. The lowest BCUT2D eigenvalue weighted by Crippen LogP contribution is -2.35. The first-order chi connectivity index (χ1) is 8.52. The molecule has 4 heteroatoms. The number of amides is 2. The first kappa shape index (κ1) is 12.5. The molecule has 1 unspecified atom stereocenters. The van der Waals surface area contributed by atoms with Crippen molar-refractivity contribution in [3.63, 3.8) is 0 Å². The van der Waals surface area contributed by atoms with Gasteiger partial charge in [0.05, 0.1) is 5.71 Å². The average Bonchev–Trinajstić information content (AvgIpc) is 2.35. The molecular formula is C14H16N2O2. The van der Waals surface area contributed by atoms with Gasteiger partial charge in [-0.1, -0.05) is 18.6 Å². The van der Waals surface area contributed by atoms with Crippen molar-refractivity contribution in [2.45, 2.75) is 27.2 Å². The molecule has 2 rings (SSSR count). The predicted octanol–water partition coefficient (Wildman–Crippen LogP) is 1.90. The number of hydrogen-bond donors (Lipinski definition) is 1. The third kappa shape index (κ3) is 2.18. The van der Waals surface area contributed by atoms with E-state index in [1.54, 1.807) is 13.0 Å². The van der Waals surface area contributed by atoms with E-state index in [1.165, 1.54) is 0 Å². The van der Waals surface area contributed by atoms with Crippen molar-refractivity contribution in [3.8, 4) is 0 Å². The summed E-state index contributed by atoms with van der Waals surface area (Å²) in [6.07, 6.45) is 5.95. The summed E-state index contributed by atoms with van der Waals surface area (Å²) in [5, 5.41) is 2.84. The molecule has 0 saturated heterocycles. The minimum atomic E-state index is -0.157. The monoisotopic (exact) mass is 244 g/mol. The zero-order valence-corrected chi connectivity index (χ0v) is 10.8. The van der Waals surface area contributed by atoms with Crippen molar-refractivity contribution in [1.29, 1.82) is 0 Å². The van der Waals surface area contributed by atoms with Gasteiger partial charge in [0, 0.05) is 23.6 Å². The van der Waals surface area contributed by atoms with Gasteiger partial charge < -0.3 is 5.32 Å². The number of aliphatic imine (C=N–C) groups is 1. The van der Waals surface area contributed by atoms with E-state index >= 15 is 0 Å². The van der Waals surface area contributed by atoms with E-state index in [2.05, 4.69) is 10.3 Å². The number of fused-ring (bicyclic) bond motifs is 1. The Morgan fingerprint density at radius 3 is 2.83 bits per heavy atom. The fourth-order valence-electron chi connectivity index (χ4n) is 2.02. The van der Waals surface area contributed by atoms with Crippen LogP contribution in [0.25, 0.3) is 0 Å². The fraction of sp³-hybridized carbons (Fsp3) is 0.357. The second kappa shape index (κ2) is 4.72. The molecular weight excluding hydrogens is 228 g/mol. The van der Waals surface area contributed by atoms with Crippen LogP contribution in [0.1, 0.15) is 27.2 Å². The number of carbonyl (C=O) groups excluding carboxylic acids is 2. The average molecular weight is 244 g/mol. The number of allylic oxidation sites excluding steroid dienone is 3. The Kier molecular flexibility index (Phi) is 3.28. The van der Waals surface area contributed by atoms with Crippen LogP contribution in [0.15, 0.2) is 40.1 Å². The normalized spacial score (nSPS) is 24.8. The quantitative estimate of drug-likeness (QED) is 0.765. The van der Waals surface area contributed by atoms with Gasteiger partial charge in [0.1, 0.15) is 0 Å². The van der Waals surface area contributed by atoms with Crippen LogP contribution >= 0.6 is 0 Å². The molecule has 0 spiro atoms. The summed E-state index contributed by atoms with van der Waals surface area (Å²) in [5.74, 6) is -0.139. The molecule has 1 aliphatic heterocycles. The molecule has 0 aromatic rings. The first-order valence-electron chi connectivity index (χ1n) is 6.03. The minimum absolute atomic E-state index is 0.0773. The lowest BCUT2D eigenvalue weighted by atomic mass is 9.85. The molecule has 0 radical (unpaired) electrons. The summed E-state index contributed by atoms with van der Waals surface area (Å²) in [4.78, 5) is 26.9. The van der Waals surface area contributed by atoms with E-state index in [0.29, 0.717) is 12.1 Å². The summed E-state index contributed by atoms with van der Waals surface area (Å²) < 4.78 is 0. The van der Waals surface area contributed by atoms with Crippen molar-refractivity contribution >= 4 is 17.5 Å². The Balaban J connectivity index is 2.35. The molecule has 0 bridgehead atoms. The van der Waals surface area contributed by atoms with Gasteiger partial charge in [0.15, 0.2) is 0 Å². The molecule has 1 atom stereocenters. The van der Waals surface area contributed by atoms with Crippen LogP contribution in [0, 0.1) is 5.92 Å². The predicted molar refractivity (Wildman–Crippen MR) is 70.0 cm³/mol. The maximum Gasteiger partial charge on any atom is 0.251 e. The highest BCUT2D eigenvalue weighted by Gasteiger charge is 2.27. The largest absolute Gasteiger partial charge is 0.325 e. The smallest absolute Gasteiger partial charge is 0.251 e. The van der Waals surface area contributed by atoms with Crippen LogP contribution in [-0.4, -0.2) is 17.5 Å². The second-order valence-corrected chi connectivity index (χ2v) is 4.48. The standard InChI is InChI=1S/C14H16N2O2/c1-4-13(17)15-10-5-6-11-8(2)9(3)14(18)16-12(11)7-10/h5-7,11H,4H2,1-3H3,(H,16,18). The highest BCUT2D eigenvalue weighted by Crippen LogP contribution is 2.29. The van der Waals surface area contributed by atoms with Gasteiger partial charge in [-0.2, -0.15) is 0 Å².